The van der Waals surface area contributed by atoms with E-state index in [4.69, 9.17) is 5.11 Å². The number of hydrogen-bond donors (Lipinski definition) is 3. The third kappa shape index (κ3) is 5.74. The van der Waals surface area contributed by atoms with Crippen LogP contribution in [0.1, 0.15) is 24.0 Å². The number of rotatable bonds is 9. The summed E-state index contributed by atoms with van der Waals surface area (Å²) in [6.07, 6.45) is 5.59. The monoisotopic (exact) mass is 497 g/mol. The summed E-state index contributed by atoms with van der Waals surface area (Å²) in [6.45, 7) is 1.21. The van der Waals surface area contributed by atoms with Crippen LogP contribution in [0.3, 0.4) is 0 Å². The molecule has 3 aromatic carbocycles. The number of aromatic nitrogens is 2. The van der Waals surface area contributed by atoms with Crippen LogP contribution < -0.4 is 15.5 Å². The Hall–Kier alpha value is -4.33. The van der Waals surface area contributed by atoms with Crippen LogP contribution in [0.25, 0.3) is 10.9 Å². The Morgan fingerprint density at radius 2 is 1.81 bits per heavy atom. The third-order valence-corrected chi connectivity index (χ3v) is 6.91. The van der Waals surface area contributed by atoms with Gasteiger partial charge in [-0.05, 0) is 55.0 Å². The lowest BCUT2D eigenvalue weighted by Gasteiger charge is -2.39. The molecule has 1 aromatic heterocycles. The van der Waals surface area contributed by atoms with Crippen molar-refractivity contribution in [1.29, 1.82) is 0 Å². The number of anilines is 2. The van der Waals surface area contributed by atoms with E-state index in [1.807, 2.05) is 6.07 Å². The van der Waals surface area contributed by atoms with Gasteiger partial charge in [0.2, 0.25) is 0 Å². The van der Waals surface area contributed by atoms with Crippen molar-refractivity contribution in [1.82, 2.24) is 15.1 Å². The van der Waals surface area contributed by atoms with E-state index < -0.39 is 5.97 Å². The number of nitrogens with one attached hydrogen (secondary N) is 2. The molecular formula is C29H31N5O3. The van der Waals surface area contributed by atoms with Crippen molar-refractivity contribution < 1.29 is 14.7 Å². The van der Waals surface area contributed by atoms with Gasteiger partial charge in [0.25, 0.3) is 0 Å². The molecule has 0 spiro atoms. The number of carbonyl (C=O) groups is 2. The molecule has 0 radical (unpaired) electrons. The Morgan fingerprint density at radius 1 is 1.00 bits per heavy atom. The molecule has 1 unspecified atom stereocenters. The van der Waals surface area contributed by atoms with Crippen LogP contribution in [-0.4, -0.2) is 46.0 Å². The molecule has 5 rings (SSSR count). The molecular weight excluding hydrogens is 466 g/mol. The molecule has 37 heavy (non-hydrogen) atoms. The SMILES string of the molecule is O=C(O)Cn1ncc2c(NC(=O)NCC3CCc4ccccc4N3CCCc3ccccc3)cccc21. The molecule has 2 heterocycles. The summed E-state index contributed by atoms with van der Waals surface area (Å²) in [5, 5.41) is 19.9. The lowest BCUT2D eigenvalue weighted by Crippen LogP contribution is -2.48. The van der Waals surface area contributed by atoms with Gasteiger partial charge in [0.1, 0.15) is 6.54 Å². The highest BCUT2D eigenvalue weighted by atomic mass is 16.4. The summed E-state index contributed by atoms with van der Waals surface area (Å²) >= 11 is 0. The zero-order chi connectivity index (χ0) is 25.6. The first kappa shape index (κ1) is 24.4. The van der Waals surface area contributed by atoms with Crippen LogP contribution in [0.2, 0.25) is 0 Å². The Bertz CT molecular complexity index is 1380. The molecule has 2 amide bonds. The second-order valence-corrected chi connectivity index (χ2v) is 9.37. The minimum Gasteiger partial charge on any atom is -0.480 e. The number of fused-ring (bicyclic) bond motifs is 2. The Balaban J connectivity index is 1.24. The van der Waals surface area contributed by atoms with E-state index in [1.165, 1.54) is 21.5 Å². The van der Waals surface area contributed by atoms with Crippen molar-refractivity contribution >= 4 is 34.3 Å². The van der Waals surface area contributed by atoms with Crippen molar-refractivity contribution in [2.75, 3.05) is 23.3 Å². The van der Waals surface area contributed by atoms with Crippen molar-refractivity contribution in [3.8, 4) is 0 Å². The van der Waals surface area contributed by atoms with Crippen molar-refractivity contribution in [2.45, 2.75) is 38.3 Å². The maximum Gasteiger partial charge on any atom is 0.325 e. The van der Waals surface area contributed by atoms with Gasteiger partial charge in [-0.25, -0.2) is 4.79 Å². The maximum absolute atomic E-state index is 12.9. The van der Waals surface area contributed by atoms with E-state index in [0.717, 1.165) is 32.2 Å². The number of carbonyl (C=O) groups excluding carboxylic acids is 1. The second-order valence-electron chi connectivity index (χ2n) is 9.37. The van der Waals surface area contributed by atoms with Crippen LogP contribution >= 0.6 is 0 Å². The van der Waals surface area contributed by atoms with E-state index in [0.29, 0.717) is 23.1 Å². The van der Waals surface area contributed by atoms with Crippen LogP contribution in [-0.2, 0) is 24.2 Å². The van der Waals surface area contributed by atoms with Crippen molar-refractivity contribution in [3.05, 3.63) is 90.1 Å². The summed E-state index contributed by atoms with van der Waals surface area (Å²) in [5.74, 6) is -0.969. The number of amides is 2. The molecule has 4 aromatic rings. The van der Waals surface area contributed by atoms with E-state index in [2.05, 4.69) is 69.2 Å². The van der Waals surface area contributed by atoms with Gasteiger partial charge in [-0.2, -0.15) is 5.10 Å². The molecule has 8 heteroatoms. The zero-order valence-corrected chi connectivity index (χ0v) is 20.6. The van der Waals surface area contributed by atoms with Gasteiger partial charge in [0, 0.05) is 30.2 Å². The molecule has 0 aliphatic carbocycles. The largest absolute Gasteiger partial charge is 0.480 e. The predicted molar refractivity (Wildman–Crippen MR) is 145 cm³/mol. The number of benzene rings is 3. The summed E-state index contributed by atoms with van der Waals surface area (Å²) in [5.41, 5.74) is 5.20. The Labute approximate surface area is 215 Å². The van der Waals surface area contributed by atoms with Crippen molar-refractivity contribution in [3.63, 3.8) is 0 Å². The number of urea groups is 1. The quantitative estimate of drug-likeness (QED) is 0.311. The van der Waals surface area contributed by atoms with Crippen LogP contribution in [0.15, 0.2) is 79.0 Å². The van der Waals surface area contributed by atoms with Gasteiger partial charge < -0.3 is 20.6 Å². The first-order valence-corrected chi connectivity index (χ1v) is 12.7. The standard InChI is InChI=1S/C29H31N5O3/c35-28(36)20-34-27-14-6-12-25(24(27)19-31-34)32-29(37)30-18-23-16-15-22-11-4-5-13-26(22)33(23)17-7-10-21-8-2-1-3-9-21/h1-6,8-9,11-14,19,23H,7,10,15-18,20H2,(H,35,36)(H2,30,32,37). The number of carboxylic acid groups (broad SMARTS) is 1. The zero-order valence-electron chi connectivity index (χ0n) is 20.6. The molecule has 3 N–H and O–H groups in total. The van der Waals surface area contributed by atoms with Gasteiger partial charge in [-0.15, -0.1) is 0 Å². The predicted octanol–water partition coefficient (Wildman–Crippen LogP) is 4.70. The average molecular weight is 498 g/mol. The van der Waals surface area contributed by atoms with E-state index in [-0.39, 0.29) is 18.6 Å². The highest BCUT2D eigenvalue weighted by molar-refractivity contribution is 6.00. The molecule has 0 bridgehead atoms. The van der Waals surface area contributed by atoms with Gasteiger partial charge in [0.15, 0.2) is 0 Å². The first-order valence-electron chi connectivity index (χ1n) is 12.7. The van der Waals surface area contributed by atoms with Gasteiger partial charge >= 0.3 is 12.0 Å². The maximum atomic E-state index is 12.9. The fraction of sp³-hybridized carbons (Fsp3) is 0.276. The molecule has 1 aliphatic heterocycles. The molecule has 0 saturated carbocycles. The third-order valence-electron chi connectivity index (χ3n) is 6.91. The Kier molecular flexibility index (Phi) is 7.35. The highest BCUT2D eigenvalue weighted by Gasteiger charge is 2.26. The molecule has 190 valence electrons. The molecule has 0 fully saturated rings. The van der Waals surface area contributed by atoms with Crippen molar-refractivity contribution in [2.24, 2.45) is 0 Å². The summed E-state index contributed by atoms with van der Waals surface area (Å²) in [4.78, 5) is 26.4. The number of aryl methyl sites for hydroxylation is 2. The van der Waals surface area contributed by atoms with Crippen LogP contribution in [0.5, 0.6) is 0 Å². The van der Waals surface area contributed by atoms with Crippen LogP contribution in [0.4, 0.5) is 16.2 Å². The molecule has 1 aliphatic rings. The van der Waals surface area contributed by atoms with E-state index >= 15 is 0 Å². The number of hydrogen-bond acceptors (Lipinski definition) is 4. The van der Waals surface area contributed by atoms with E-state index in [9.17, 15) is 9.59 Å². The molecule has 0 saturated heterocycles. The fourth-order valence-corrected chi connectivity index (χ4v) is 5.13. The lowest BCUT2D eigenvalue weighted by atomic mass is 9.95. The fourth-order valence-electron chi connectivity index (χ4n) is 5.13. The van der Waals surface area contributed by atoms with Crippen LogP contribution in [0, 0.1) is 0 Å². The summed E-state index contributed by atoms with van der Waals surface area (Å²) < 4.78 is 1.41. The number of nitrogens with zero attached hydrogens (tertiary/aromatic N) is 3. The van der Waals surface area contributed by atoms with Gasteiger partial charge in [0.05, 0.1) is 17.4 Å². The minimum atomic E-state index is -0.969. The minimum absolute atomic E-state index is 0.200. The molecule has 1 atom stereocenters. The van der Waals surface area contributed by atoms with E-state index in [1.54, 1.807) is 24.4 Å². The second kappa shape index (κ2) is 11.2. The smallest absolute Gasteiger partial charge is 0.325 e. The van der Waals surface area contributed by atoms with Gasteiger partial charge in [-0.1, -0.05) is 54.6 Å². The normalized spacial score (nSPS) is 14.8. The Morgan fingerprint density at radius 3 is 2.65 bits per heavy atom. The average Bonchev–Trinajstić information content (AvgIpc) is 3.31. The number of aliphatic carboxylic acids is 1. The number of carboxylic acids is 1. The highest BCUT2D eigenvalue weighted by Crippen LogP contribution is 2.31. The lowest BCUT2D eigenvalue weighted by molar-refractivity contribution is -0.137. The topological polar surface area (TPSA) is 99.5 Å². The molecule has 8 nitrogen and oxygen atoms in total. The van der Waals surface area contributed by atoms with Gasteiger partial charge in [-0.3, -0.25) is 9.48 Å². The number of para-hydroxylation sites is 1. The first-order chi connectivity index (χ1) is 18.1. The summed E-state index contributed by atoms with van der Waals surface area (Å²) in [7, 11) is 0. The summed E-state index contributed by atoms with van der Waals surface area (Å²) in [6, 6.07) is 24.4.